The first-order chi connectivity index (χ1) is 22.6. The molecule has 9 heteroatoms. The van der Waals surface area contributed by atoms with E-state index >= 15 is 0 Å². The zero-order valence-corrected chi connectivity index (χ0v) is 29.9. The highest BCUT2D eigenvalue weighted by molar-refractivity contribution is 7.19. The SMILES string of the molecule is CO[C@H]1CN(C(=O)C2CCN(CCc3c(-c4cc(C)cc(C)c4)[nH]c4sc(C(C)(C)C(=O)N5C6CCC5CC6)cc34)CC2)C[C@H]1OC. The number of likely N-dealkylation sites (tertiary alicyclic amines) is 2. The number of H-pyrrole nitrogens is 1. The fraction of sp³-hybridized carbons (Fsp3) is 0.632. The van der Waals surface area contributed by atoms with Crippen LogP contribution in [-0.4, -0.2) is 103 Å². The Hall–Kier alpha value is -2.72. The van der Waals surface area contributed by atoms with Crippen LogP contribution in [0.2, 0.25) is 0 Å². The van der Waals surface area contributed by atoms with Crippen molar-refractivity contribution >= 4 is 33.4 Å². The van der Waals surface area contributed by atoms with E-state index in [-0.39, 0.29) is 24.0 Å². The maximum Gasteiger partial charge on any atom is 0.233 e. The van der Waals surface area contributed by atoms with Crippen LogP contribution in [0.1, 0.15) is 73.9 Å². The number of carbonyl (C=O) groups excluding carboxylic acids is 2. The number of nitrogens with zero attached hydrogens (tertiary/aromatic N) is 3. The molecule has 0 unspecified atom stereocenters. The summed E-state index contributed by atoms with van der Waals surface area (Å²) in [6.45, 7) is 12.6. The largest absolute Gasteiger partial charge is 0.377 e. The van der Waals surface area contributed by atoms with Gasteiger partial charge in [0, 0.05) is 62.1 Å². The number of rotatable bonds is 9. The monoisotopic (exact) mass is 660 g/mol. The van der Waals surface area contributed by atoms with Gasteiger partial charge >= 0.3 is 0 Å². The van der Waals surface area contributed by atoms with E-state index in [1.165, 1.54) is 33.3 Å². The molecule has 0 saturated carbocycles. The van der Waals surface area contributed by atoms with Gasteiger partial charge in [-0.1, -0.05) is 17.2 Å². The second kappa shape index (κ2) is 13.0. The van der Waals surface area contributed by atoms with Gasteiger partial charge in [0.05, 0.1) is 11.1 Å². The second-order valence-electron chi connectivity index (χ2n) is 15.2. The van der Waals surface area contributed by atoms with E-state index in [0.29, 0.717) is 31.1 Å². The molecule has 4 fully saturated rings. The lowest BCUT2D eigenvalue weighted by Crippen LogP contribution is -2.45. The number of piperidine rings is 1. The molecule has 2 bridgehead atoms. The number of aryl methyl sites for hydroxylation is 2. The molecule has 0 spiro atoms. The smallest absolute Gasteiger partial charge is 0.233 e. The van der Waals surface area contributed by atoms with Crippen LogP contribution >= 0.6 is 11.3 Å². The Morgan fingerprint density at radius 3 is 2.06 bits per heavy atom. The third-order valence-corrected chi connectivity index (χ3v) is 13.1. The van der Waals surface area contributed by atoms with Gasteiger partial charge in [0.2, 0.25) is 11.8 Å². The number of fused-ring (bicyclic) bond motifs is 3. The number of thiophene rings is 1. The van der Waals surface area contributed by atoms with E-state index in [4.69, 9.17) is 9.47 Å². The van der Waals surface area contributed by atoms with E-state index in [9.17, 15) is 9.59 Å². The maximum absolute atomic E-state index is 14.0. The molecule has 1 aromatic carbocycles. The Labute approximate surface area is 283 Å². The number of aromatic nitrogens is 1. The van der Waals surface area contributed by atoms with Crippen molar-refractivity contribution in [3.63, 3.8) is 0 Å². The molecular formula is C38H52N4O4S. The van der Waals surface area contributed by atoms with Crippen molar-refractivity contribution in [3.05, 3.63) is 45.8 Å². The standard InChI is InChI=1S/C38H52N4O4S/c1-23-17-24(2)19-26(18-23)34-29(13-16-40-14-11-25(12-15-40)36(43)41-21-31(45-5)32(22-41)46-6)30-20-33(47-35(30)39-34)38(3,4)37(44)42-27-7-8-28(42)10-9-27/h17-20,25,27-28,31-32,39H,7-16,21-22H2,1-6H3/t27?,28?,31-,32+. The van der Waals surface area contributed by atoms with Crippen LogP contribution in [0.5, 0.6) is 0 Å². The van der Waals surface area contributed by atoms with Crippen LogP contribution in [0.15, 0.2) is 24.3 Å². The molecule has 2 amide bonds. The van der Waals surface area contributed by atoms with Crippen molar-refractivity contribution in [3.8, 4) is 11.3 Å². The number of nitrogens with one attached hydrogen (secondary N) is 1. The van der Waals surface area contributed by atoms with Gasteiger partial charge in [-0.25, -0.2) is 0 Å². The van der Waals surface area contributed by atoms with Gasteiger partial charge in [-0.15, -0.1) is 11.3 Å². The molecule has 4 saturated heterocycles. The molecule has 4 aliphatic rings. The second-order valence-corrected chi connectivity index (χ2v) is 16.2. The van der Waals surface area contributed by atoms with Gasteiger partial charge in [-0.2, -0.15) is 0 Å². The van der Waals surface area contributed by atoms with Gasteiger partial charge in [0.15, 0.2) is 0 Å². The summed E-state index contributed by atoms with van der Waals surface area (Å²) in [4.78, 5) is 40.3. The molecule has 254 valence electrons. The van der Waals surface area contributed by atoms with Gasteiger partial charge in [0.1, 0.15) is 17.0 Å². The first-order valence-electron chi connectivity index (χ1n) is 17.7. The minimum Gasteiger partial charge on any atom is -0.377 e. The van der Waals surface area contributed by atoms with Crippen molar-refractivity contribution in [2.45, 2.75) is 102 Å². The summed E-state index contributed by atoms with van der Waals surface area (Å²) < 4.78 is 11.1. The van der Waals surface area contributed by atoms with Crippen molar-refractivity contribution < 1.29 is 19.1 Å². The molecular weight excluding hydrogens is 609 g/mol. The number of ether oxygens (including phenoxy) is 2. The summed E-state index contributed by atoms with van der Waals surface area (Å²) in [5.74, 6) is 0.610. The average Bonchev–Trinajstić information content (AvgIpc) is 3.89. The first-order valence-corrected chi connectivity index (χ1v) is 18.5. The number of carbonyl (C=O) groups is 2. The molecule has 7 rings (SSSR count). The van der Waals surface area contributed by atoms with Gasteiger partial charge in [0.25, 0.3) is 0 Å². The predicted molar refractivity (Wildman–Crippen MR) is 188 cm³/mol. The minimum atomic E-state index is -0.552. The van der Waals surface area contributed by atoms with Gasteiger partial charge in [-0.3, -0.25) is 9.59 Å². The fourth-order valence-electron chi connectivity index (χ4n) is 8.95. The third-order valence-electron chi connectivity index (χ3n) is 11.7. The van der Waals surface area contributed by atoms with E-state index in [0.717, 1.165) is 74.3 Å². The number of benzene rings is 1. The van der Waals surface area contributed by atoms with Gasteiger partial charge < -0.3 is 29.2 Å². The summed E-state index contributed by atoms with van der Waals surface area (Å²) in [7, 11) is 3.39. The molecule has 1 N–H and O–H groups in total. The number of amides is 2. The minimum absolute atomic E-state index is 0.0507. The molecule has 0 radical (unpaired) electrons. The van der Waals surface area contributed by atoms with Crippen LogP contribution in [-0.2, 0) is 30.9 Å². The highest BCUT2D eigenvalue weighted by atomic mass is 32.1. The number of hydrogen-bond donors (Lipinski definition) is 1. The molecule has 2 aromatic heterocycles. The summed E-state index contributed by atoms with van der Waals surface area (Å²) in [5.41, 5.74) is 5.73. The number of hydrogen-bond acceptors (Lipinski definition) is 6. The highest BCUT2D eigenvalue weighted by Crippen LogP contribution is 2.44. The zero-order chi connectivity index (χ0) is 33.0. The first kappa shape index (κ1) is 32.8. The Bertz CT molecular complexity index is 1580. The molecule has 8 nitrogen and oxygen atoms in total. The quantitative estimate of drug-likeness (QED) is 0.302. The fourth-order valence-corrected chi connectivity index (χ4v) is 10.1. The van der Waals surface area contributed by atoms with Crippen LogP contribution in [0.3, 0.4) is 0 Å². The van der Waals surface area contributed by atoms with Crippen LogP contribution in [0.25, 0.3) is 21.5 Å². The van der Waals surface area contributed by atoms with Gasteiger partial charge in [-0.05, 0) is 115 Å². The lowest BCUT2D eigenvalue weighted by molar-refractivity contribution is -0.137. The third kappa shape index (κ3) is 6.06. The Kier molecular flexibility index (Phi) is 9.04. The number of methoxy groups -OCH3 is 2. The van der Waals surface area contributed by atoms with Crippen molar-refractivity contribution in [1.82, 2.24) is 19.7 Å². The molecule has 4 aliphatic heterocycles. The van der Waals surface area contributed by atoms with Crippen LogP contribution in [0.4, 0.5) is 0 Å². The highest BCUT2D eigenvalue weighted by Gasteiger charge is 2.47. The molecule has 3 aromatic rings. The van der Waals surface area contributed by atoms with Crippen LogP contribution in [0, 0.1) is 19.8 Å². The average molecular weight is 661 g/mol. The predicted octanol–water partition coefficient (Wildman–Crippen LogP) is 6.07. The summed E-state index contributed by atoms with van der Waals surface area (Å²) in [5, 5.41) is 1.25. The van der Waals surface area contributed by atoms with Crippen LogP contribution < -0.4 is 0 Å². The van der Waals surface area contributed by atoms with E-state index in [1.54, 1.807) is 25.6 Å². The lowest BCUT2D eigenvalue weighted by atomic mass is 9.88. The molecule has 6 heterocycles. The zero-order valence-electron chi connectivity index (χ0n) is 29.1. The Morgan fingerprint density at radius 2 is 1.49 bits per heavy atom. The number of aromatic amines is 1. The summed E-state index contributed by atoms with van der Waals surface area (Å²) >= 11 is 1.76. The topological polar surface area (TPSA) is 78.1 Å². The Morgan fingerprint density at radius 1 is 0.894 bits per heavy atom. The molecule has 47 heavy (non-hydrogen) atoms. The summed E-state index contributed by atoms with van der Waals surface area (Å²) in [6, 6.07) is 9.97. The molecule has 0 aliphatic carbocycles. The normalized spacial score (nSPS) is 25.5. The Balaban J connectivity index is 1.09. The van der Waals surface area contributed by atoms with Crippen molar-refractivity contribution in [2.24, 2.45) is 5.92 Å². The van der Waals surface area contributed by atoms with E-state index < -0.39 is 5.41 Å². The van der Waals surface area contributed by atoms with Crippen molar-refractivity contribution in [2.75, 3.05) is 46.9 Å². The summed E-state index contributed by atoms with van der Waals surface area (Å²) in [6.07, 6.45) is 7.22. The van der Waals surface area contributed by atoms with E-state index in [2.05, 4.69) is 66.7 Å². The molecule has 2 atom stereocenters. The van der Waals surface area contributed by atoms with Crippen molar-refractivity contribution in [1.29, 1.82) is 0 Å². The maximum atomic E-state index is 14.0. The lowest BCUT2D eigenvalue weighted by Gasteiger charge is -2.33. The van der Waals surface area contributed by atoms with E-state index in [1.807, 2.05) is 4.90 Å².